The van der Waals surface area contributed by atoms with Crippen LogP contribution in [-0.4, -0.2) is 0 Å². The smallest absolute Gasteiger partial charge is 0 e. The third kappa shape index (κ3) is 1.73. The molecule has 0 N–H and O–H groups in total. The van der Waals surface area contributed by atoms with Gasteiger partial charge in [-0.15, -0.1) is 0 Å². The van der Waals surface area contributed by atoms with Gasteiger partial charge in [-0.3, -0.25) is 0 Å². The Morgan fingerprint density at radius 1 is 1.50 bits per heavy atom. The van der Waals surface area contributed by atoms with Gasteiger partial charge in [-0.25, -0.2) is 0 Å². The van der Waals surface area contributed by atoms with Crippen LogP contribution >= 0.6 is 0 Å². The molecule has 1 heterocycles. The zero-order valence-corrected chi connectivity index (χ0v) is 6.09. The maximum atomic E-state index is 3.60. The SMILES string of the molecule is [Y].[c]1ccc[n-]1. The van der Waals surface area contributed by atoms with Gasteiger partial charge in [-0.1, -0.05) is 12.1 Å². The fraction of sp³-hybridized carbons (Fsp3) is 0. The van der Waals surface area contributed by atoms with E-state index >= 15 is 0 Å². The molecule has 28 valence electrons. The quantitative estimate of drug-likeness (QED) is 0.528. The van der Waals surface area contributed by atoms with Crippen molar-refractivity contribution in [1.82, 2.24) is 4.98 Å². The summed E-state index contributed by atoms with van der Waals surface area (Å²) in [6.07, 6.45) is 4.31. The van der Waals surface area contributed by atoms with Crippen molar-refractivity contribution in [2.24, 2.45) is 0 Å². The second-order valence-electron chi connectivity index (χ2n) is 0.766. The van der Waals surface area contributed by atoms with Crippen LogP contribution in [0.25, 0.3) is 0 Å². The number of nitrogens with zero attached hydrogens (tertiary/aromatic N) is 1. The van der Waals surface area contributed by atoms with E-state index < -0.39 is 0 Å². The van der Waals surface area contributed by atoms with Gasteiger partial charge in [0, 0.05) is 32.7 Å². The molecule has 1 aromatic rings. The molecule has 0 aliphatic heterocycles. The molecule has 0 aliphatic rings. The van der Waals surface area contributed by atoms with E-state index in [1.807, 2.05) is 6.07 Å². The average molecular weight is 154 g/mol. The van der Waals surface area contributed by atoms with Crippen molar-refractivity contribution in [1.29, 1.82) is 0 Å². The molecule has 1 aromatic heterocycles. The summed E-state index contributed by atoms with van der Waals surface area (Å²) in [5, 5.41) is 0. The monoisotopic (exact) mass is 154 g/mol. The standard InChI is InChI=1S/C4H3N.Y/c1-2-4-5-3-1;/h1-3H;/q-1;. The topological polar surface area (TPSA) is 14.1 Å². The van der Waals surface area contributed by atoms with E-state index in [4.69, 9.17) is 0 Å². The Labute approximate surface area is 62.0 Å². The van der Waals surface area contributed by atoms with Gasteiger partial charge in [0.05, 0.1) is 0 Å². The Hall–Kier alpha value is 0.384. The van der Waals surface area contributed by atoms with E-state index in [2.05, 4.69) is 11.2 Å². The van der Waals surface area contributed by atoms with E-state index in [-0.39, 0.29) is 32.7 Å². The van der Waals surface area contributed by atoms with Crippen molar-refractivity contribution in [3.05, 3.63) is 24.5 Å². The van der Waals surface area contributed by atoms with Crippen molar-refractivity contribution < 1.29 is 32.7 Å². The maximum Gasteiger partial charge on any atom is 0 e. The molecule has 0 aromatic carbocycles. The average Bonchev–Trinajstić information content (AvgIpc) is 1.76. The first-order chi connectivity index (χ1) is 2.50. The van der Waals surface area contributed by atoms with E-state index in [1.54, 1.807) is 12.3 Å². The van der Waals surface area contributed by atoms with Crippen LogP contribution in [0.1, 0.15) is 0 Å². The molecule has 0 saturated carbocycles. The predicted molar refractivity (Wildman–Crippen MR) is 18.6 cm³/mol. The van der Waals surface area contributed by atoms with E-state index in [0.717, 1.165) is 0 Å². The normalized spacial score (nSPS) is 6.67. The Morgan fingerprint density at radius 2 is 2.33 bits per heavy atom. The summed E-state index contributed by atoms with van der Waals surface area (Å²) in [7, 11) is 0. The largest absolute Gasteiger partial charge is 0.665 e. The molecule has 2 heteroatoms. The summed E-state index contributed by atoms with van der Waals surface area (Å²) in [5.74, 6) is 0. The van der Waals surface area contributed by atoms with E-state index in [1.165, 1.54) is 0 Å². The first kappa shape index (κ1) is 6.38. The summed E-state index contributed by atoms with van der Waals surface area (Å²) < 4.78 is 0. The summed E-state index contributed by atoms with van der Waals surface area (Å²) in [5.41, 5.74) is 0. The van der Waals surface area contributed by atoms with Crippen LogP contribution in [0.15, 0.2) is 18.3 Å². The molecule has 1 rings (SSSR count). The van der Waals surface area contributed by atoms with Crippen LogP contribution < -0.4 is 4.98 Å². The minimum absolute atomic E-state index is 0. The molecule has 2 radical (unpaired) electrons. The zero-order chi connectivity index (χ0) is 3.54. The summed E-state index contributed by atoms with van der Waals surface area (Å²) >= 11 is 0. The van der Waals surface area contributed by atoms with Gasteiger partial charge in [0.2, 0.25) is 0 Å². The second kappa shape index (κ2) is 3.57. The van der Waals surface area contributed by atoms with E-state index in [9.17, 15) is 0 Å². The number of rotatable bonds is 0. The van der Waals surface area contributed by atoms with Gasteiger partial charge in [-0.05, 0) is 0 Å². The Bertz CT molecular complexity index is 64.0. The van der Waals surface area contributed by atoms with Crippen LogP contribution in [0.4, 0.5) is 0 Å². The fourth-order valence-electron chi connectivity index (χ4n) is 0.215. The summed E-state index contributed by atoms with van der Waals surface area (Å²) in [6, 6.07) is 3.60. The van der Waals surface area contributed by atoms with Crippen molar-refractivity contribution in [3.8, 4) is 0 Å². The Morgan fingerprint density at radius 3 is 2.50 bits per heavy atom. The van der Waals surface area contributed by atoms with Gasteiger partial charge in [0.25, 0.3) is 0 Å². The van der Waals surface area contributed by atoms with Crippen molar-refractivity contribution in [2.75, 3.05) is 0 Å². The molecule has 6 heavy (non-hydrogen) atoms. The minimum atomic E-state index is 0. The Kier molecular flexibility index (Phi) is 3.80. The molecule has 0 atom stereocenters. The molecule has 0 amide bonds. The van der Waals surface area contributed by atoms with Gasteiger partial charge in [-0.2, -0.15) is 12.4 Å². The molecule has 0 bridgehead atoms. The van der Waals surface area contributed by atoms with Gasteiger partial charge < -0.3 is 4.98 Å². The van der Waals surface area contributed by atoms with Gasteiger partial charge >= 0.3 is 0 Å². The first-order valence-corrected chi connectivity index (χ1v) is 1.44. The number of hydrogen-bond donors (Lipinski definition) is 0. The van der Waals surface area contributed by atoms with Gasteiger partial charge in [0.1, 0.15) is 0 Å². The first-order valence-electron chi connectivity index (χ1n) is 1.44. The number of aromatic nitrogens is 1. The molecule has 0 unspecified atom stereocenters. The second-order valence-corrected chi connectivity index (χ2v) is 0.766. The van der Waals surface area contributed by atoms with Gasteiger partial charge in [0.15, 0.2) is 0 Å². The maximum absolute atomic E-state index is 3.60. The fourth-order valence-corrected chi connectivity index (χ4v) is 0.215. The van der Waals surface area contributed by atoms with Crippen LogP contribution in [0.3, 0.4) is 0 Å². The summed E-state index contributed by atoms with van der Waals surface area (Å²) in [6.45, 7) is 0. The molecular formula is C4H3NY-. The molecular weight excluding hydrogens is 151 g/mol. The Balaban J connectivity index is 0.000000250. The van der Waals surface area contributed by atoms with Crippen LogP contribution in [0.5, 0.6) is 0 Å². The van der Waals surface area contributed by atoms with Crippen molar-refractivity contribution in [2.45, 2.75) is 0 Å². The minimum Gasteiger partial charge on any atom is -0.665 e. The van der Waals surface area contributed by atoms with Crippen LogP contribution in [-0.2, 0) is 32.7 Å². The zero-order valence-electron chi connectivity index (χ0n) is 3.26. The molecule has 0 fully saturated rings. The van der Waals surface area contributed by atoms with Crippen LogP contribution in [0.2, 0.25) is 0 Å². The molecule has 0 aliphatic carbocycles. The molecule has 0 saturated heterocycles. The van der Waals surface area contributed by atoms with E-state index in [0.29, 0.717) is 0 Å². The third-order valence-electron chi connectivity index (χ3n) is 0.406. The summed E-state index contributed by atoms with van der Waals surface area (Å²) in [4.78, 5) is 3.60. The predicted octanol–water partition coefficient (Wildman–Crippen LogP) is 0.441. The van der Waals surface area contributed by atoms with Crippen molar-refractivity contribution >= 4 is 0 Å². The molecule has 1 nitrogen and oxygen atoms in total. The van der Waals surface area contributed by atoms with Crippen LogP contribution in [0, 0.1) is 6.20 Å². The van der Waals surface area contributed by atoms with Crippen molar-refractivity contribution in [3.63, 3.8) is 0 Å². The number of hydrogen-bond acceptors (Lipinski definition) is 0. The third-order valence-corrected chi connectivity index (χ3v) is 0.406. The molecule has 0 spiro atoms.